The van der Waals surface area contributed by atoms with Gasteiger partial charge < -0.3 is 20.4 Å². The Morgan fingerprint density at radius 3 is 2.59 bits per heavy atom. The van der Waals surface area contributed by atoms with Crippen LogP contribution >= 0.6 is 0 Å². The third-order valence-electron chi connectivity index (χ3n) is 6.63. The van der Waals surface area contributed by atoms with Gasteiger partial charge in [-0.3, -0.25) is 4.90 Å². The number of fused-ring (bicyclic) bond motifs is 3. The third-order valence-corrected chi connectivity index (χ3v) is 6.63. The summed E-state index contributed by atoms with van der Waals surface area (Å²) in [6.45, 7) is 9.21. The van der Waals surface area contributed by atoms with E-state index in [-0.39, 0.29) is 6.03 Å². The first-order valence-electron chi connectivity index (χ1n) is 10.4. The normalized spacial score (nSPS) is 31.6. The fourth-order valence-electron chi connectivity index (χ4n) is 4.94. The number of carbonyl (C=O) groups is 1. The topological polar surface area (TPSA) is 50.9 Å². The van der Waals surface area contributed by atoms with Gasteiger partial charge in [0.25, 0.3) is 0 Å². The van der Waals surface area contributed by atoms with Crippen molar-refractivity contribution in [1.82, 2.24) is 20.0 Å². The summed E-state index contributed by atoms with van der Waals surface area (Å²) in [5.41, 5.74) is 0.840. The van der Waals surface area contributed by atoms with Gasteiger partial charge in [-0.2, -0.15) is 0 Å². The van der Waals surface area contributed by atoms with Crippen molar-refractivity contribution in [2.75, 3.05) is 64.7 Å². The molecule has 4 fully saturated rings. The smallest absolute Gasteiger partial charge is 0.319 e. The van der Waals surface area contributed by atoms with Gasteiger partial charge in [0.2, 0.25) is 0 Å². The first kappa shape index (κ1) is 18.7. The van der Waals surface area contributed by atoms with Gasteiger partial charge in [0, 0.05) is 57.5 Å². The Bertz CT molecular complexity index is 616. The van der Waals surface area contributed by atoms with Crippen LogP contribution in [0.5, 0.6) is 0 Å². The van der Waals surface area contributed by atoms with Crippen molar-refractivity contribution in [3.63, 3.8) is 0 Å². The summed E-state index contributed by atoms with van der Waals surface area (Å²) >= 11 is 0. The van der Waals surface area contributed by atoms with Gasteiger partial charge in [-0.05, 0) is 50.4 Å². The highest BCUT2D eigenvalue weighted by molar-refractivity contribution is 5.89. The Kier molecular flexibility index (Phi) is 5.95. The molecule has 27 heavy (non-hydrogen) atoms. The molecule has 2 bridgehead atoms. The largest absolute Gasteiger partial charge is 0.336 e. The molecule has 0 saturated carbocycles. The van der Waals surface area contributed by atoms with Crippen LogP contribution in [0.15, 0.2) is 30.3 Å². The minimum atomic E-state index is -0.0992. The van der Waals surface area contributed by atoms with Crippen LogP contribution < -0.4 is 10.6 Å². The molecule has 4 unspecified atom stereocenters. The maximum atomic E-state index is 12.2. The van der Waals surface area contributed by atoms with Crippen molar-refractivity contribution < 1.29 is 4.79 Å². The second kappa shape index (κ2) is 8.59. The van der Waals surface area contributed by atoms with Gasteiger partial charge >= 0.3 is 6.03 Å². The molecule has 0 aliphatic carbocycles. The molecule has 6 nitrogen and oxygen atoms in total. The van der Waals surface area contributed by atoms with Gasteiger partial charge in [0.1, 0.15) is 0 Å². The Labute approximate surface area is 162 Å². The van der Waals surface area contributed by atoms with Crippen molar-refractivity contribution in [2.24, 2.45) is 11.8 Å². The zero-order valence-electron chi connectivity index (χ0n) is 16.4. The summed E-state index contributed by atoms with van der Waals surface area (Å²) in [7, 11) is 2.22. The molecule has 6 heteroatoms. The van der Waals surface area contributed by atoms with E-state index in [9.17, 15) is 4.79 Å². The number of carbonyl (C=O) groups excluding carboxylic acids is 1. The minimum Gasteiger partial charge on any atom is -0.336 e. The van der Waals surface area contributed by atoms with E-state index in [2.05, 4.69) is 32.4 Å². The van der Waals surface area contributed by atoms with Crippen molar-refractivity contribution in [3.8, 4) is 0 Å². The Morgan fingerprint density at radius 1 is 1.11 bits per heavy atom. The lowest BCUT2D eigenvalue weighted by Gasteiger charge is -2.51. The number of para-hydroxylation sites is 1. The van der Waals surface area contributed by atoms with E-state index in [0.29, 0.717) is 6.04 Å². The minimum absolute atomic E-state index is 0.0992. The van der Waals surface area contributed by atoms with E-state index in [1.165, 1.54) is 58.7 Å². The maximum absolute atomic E-state index is 12.2. The van der Waals surface area contributed by atoms with Crippen LogP contribution in [-0.4, -0.2) is 86.2 Å². The SMILES string of the molecule is CN1CCN(CC2CN3CCC2CC3CNC(=O)Nc2ccccc2)CC1. The molecule has 2 amide bonds. The van der Waals surface area contributed by atoms with Gasteiger partial charge in [-0.15, -0.1) is 0 Å². The van der Waals surface area contributed by atoms with Crippen LogP contribution in [0.25, 0.3) is 0 Å². The second-order valence-electron chi connectivity index (χ2n) is 8.50. The Balaban J connectivity index is 1.22. The molecule has 4 aliphatic heterocycles. The zero-order valence-corrected chi connectivity index (χ0v) is 16.4. The fourth-order valence-corrected chi connectivity index (χ4v) is 4.94. The van der Waals surface area contributed by atoms with Crippen LogP contribution in [0.2, 0.25) is 0 Å². The molecular formula is C21H33N5O. The highest BCUT2D eigenvalue weighted by Gasteiger charge is 2.40. The first-order valence-corrected chi connectivity index (χ1v) is 10.4. The highest BCUT2D eigenvalue weighted by Crippen LogP contribution is 2.36. The number of hydrogen-bond acceptors (Lipinski definition) is 4. The third kappa shape index (κ3) is 4.81. The van der Waals surface area contributed by atoms with Gasteiger partial charge in [-0.1, -0.05) is 18.2 Å². The monoisotopic (exact) mass is 371 g/mol. The van der Waals surface area contributed by atoms with Crippen LogP contribution in [0.1, 0.15) is 12.8 Å². The van der Waals surface area contributed by atoms with Gasteiger partial charge in [0.05, 0.1) is 0 Å². The standard InChI is InChI=1S/C21H33N5O/c1-24-9-11-25(12-10-24)15-18-16-26-8-7-17(18)13-20(26)14-22-21(27)23-19-5-3-2-4-6-19/h2-6,17-18,20H,7-16H2,1H3,(H2,22,23,27). The number of piperazine rings is 1. The van der Waals surface area contributed by atoms with Crippen molar-refractivity contribution in [2.45, 2.75) is 18.9 Å². The molecular weight excluding hydrogens is 338 g/mol. The molecule has 4 heterocycles. The van der Waals surface area contributed by atoms with E-state index < -0.39 is 0 Å². The zero-order chi connectivity index (χ0) is 18.6. The summed E-state index contributed by atoms with van der Waals surface area (Å²) in [5, 5.41) is 5.99. The lowest BCUT2D eigenvalue weighted by atomic mass is 9.75. The summed E-state index contributed by atoms with van der Waals surface area (Å²) in [4.78, 5) is 19.9. The molecule has 5 rings (SSSR count). The fraction of sp³-hybridized carbons (Fsp3) is 0.667. The predicted molar refractivity (Wildman–Crippen MR) is 109 cm³/mol. The van der Waals surface area contributed by atoms with Crippen molar-refractivity contribution in [3.05, 3.63) is 30.3 Å². The van der Waals surface area contributed by atoms with Crippen molar-refractivity contribution >= 4 is 11.7 Å². The number of benzene rings is 1. The van der Waals surface area contributed by atoms with E-state index in [0.717, 1.165) is 24.1 Å². The molecule has 2 N–H and O–H groups in total. The number of anilines is 1. The molecule has 0 aromatic heterocycles. The van der Waals surface area contributed by atoms with E-state index in [1.54, 1.807) is 0 Å². The second-order valence-corrected chi connectivity index (χ2v) is 8.50. The van der Waals surface area contributed by atoms with Crippen LogP contribution in [0.4, 0.5) is 10.5 Å². The van der Waals surface area contributed by atoms with Gasteiger partial charge in [-0.25, -0.2) is 4.79 Å². The van der Waals surface area contributed by atoms with Crippen LogP contribution in [-0.2, 0) is 0 Å². The summed E-state index contributed by atoms with van der Waals surface area (Å²) in [5.74, 6) is 1.62. The van der Waals surface area contributed by atoms with Crippen LogP contribution in [0.3, 0.4) is 0 Å². The number of urea groups is 1. The highest BCUT2D eigenvalue weighted by atomic mass is 16.2. The lowest BCUT2D eigenvalue weighted by Crippen LogP contribution is -2.59. The van der Waals surface area contributed by atoms with Crippen molar-refractivity contribution in [1.29, 1.82) is 0 Å². The van der Waals surface area contributed by atoms with Gasteiger partial charge in [0.15, 0.2) is 0 Å². The quantitative estimate of drug-likeness (QED) is 0.828. The van der Waals surface area contributed by atoms with E-state index >= 15 is 0 Å². The molecule has 4 aliphatic rings. The van der Waals surface area contributed by atoms with Crippen LogP contribution in [0, 0.1) is 11.8 Å². The number of nitrogens with one attached hydrogen (secondary N) is 2. The molecule has 4 saturated heterocycles. The summed E-state index contributed by atoms with van der Waals surface area (Å²) in [6, 6.07) is 10.0. The molecule has 148 valence electrons. The number of hydrogen-bond donors (Lipinski definition) is 2. The van der Waals surface area contributed by atoms with E-state index in [1.807, 2.05) is 30.3 Å². The first-order chi connectivity index (χ1) is 13.2. The van der Waals surface area contributed by atoms with E-state index in [4.69, 9.17) is 0 Å². The molecule has 0 spiro atoms. The molecule has 1 aromatic rings. The average molecular weight is 372 g/mol. The average Bonchev–Trinajstić information content (AvgIpc) is 2.70. The predicted octanol–water partition coefficient (Wildman–Crippen LogP) is 1.77. The molecule has 4 atom stereocenters. The lowest BCUT2D eigenvalue weighted by molar-refractivity contribution is -0.0155. The molecule has 1 aromatic carbocycles. The number of rotatable bonds is 5. The number of piperidine rings is 3. The number of amides is 2. The Morgan fingerprint density at radius 2 is 1.89 bits per heavy atom. The number of nitrogens with zero attached hydrogens (tertiary/aromatic N) is 3. The summed E-state index contributed by atoms with van der Waals surface area (Å²) < 4.78 is 0. The Hall–Kier alpha value is -1.63. The molecule has 0 radical (unpaired) electrons. The number of likely N-dealkylation sites (N-methyl/N-ethyl adjacent to an activating group) is 1. The maximum Gasteiger partial charge on any atom is 0.319 e. The summed E-state index contributed by atoms with van der Waals surface area (Å²) in [6.07, 6.45) is 2.55.